The molecule has 0 fully saturated rings. The van der Waals surface area contributed by atoms with Crippen LogP contribution in [-0.4, -0.2) is 17.6 Å². The Balaban J connectivity index is 2.00. The van der Waals surface area contributed by atoms with Crippen LogP contribution < -0.4 is 11.2 Å². The first kappa shape index (κ1) is 17.1. The predicted molar refractivity (Wildman–Crippen MR) is 102 cm³/mol. The zero-order valence-corrected chi connectivity index (χ0v) is 15.3. The van der Waals surface area contributed by atoms with Gasteiger partial charge in [0.25, 0.3) is 0 Å². The molecular formula is C19H20F2N4S. The minimum Gasteiger partial charge on any atom is -0.332 e. The molecule has 1 atom stereocenters. The van der Waals surface area contributed by atoms with Crippen molar-refractivity contribution < 1.29 is 8.78 Å². The van der Waals surface area contributed by atoms with Crippen molar-refractivity contribution in [3.8, 4) is 0 Å². The zero-order valence-electron chi connectivity index (χ0n) is 14.5. The fourth-order valence-electron chi connectivity index (χ4n) is 3.68. The smallest absolute Gasteiger partial charge is 0.151 e. The normalized spacial score (nSPS) is 21.3. The molecular weight excluding hydrogens is 354 g/mol. The van der Waals surface area contributed by atoms with Crippen LogP contribution in [0, 0.1) is 11.6 Å². The van der Waals surface area contributed by atoms with Crippen molar-refractivity contribution in [2.75, 3.05) is 5.32 Å². The van der Waals surface area contributed by atoms with E-state index in [0.29, 0.717) is 11.5 Å². The van der Waals surface area contributed by atoms with Crippen molar-refractivity contribution in [1.29, 1.82) is 0 Å². The van der Waals surface area contributed by atoms with Crippen LogP contribution >= 0.6 is 11.3 Å². The van der Waals surface area contributed by atoms with Gasteiger partial charge in [-0.15, -0.1) is 11.3 Å². The zero-order chi connectivity index (χ0) is 18.3. The Morgan fingerprint density at radius 3 is 2.62 bits per heavy atom. The average molecular weight is 374 g/mol. The first-order chi connectivity index (χ1) is 12.6. The molecule has 2 aliphatic rings. The van der Waals surface area contributed by atoms with E-state index in [-0.39, 0.29) is 5.56 Å². The highest BCUT2D eigenvalue weighted by atomic mass is 32.1. The molecule has 26 heavy (non-hydrogen) atoms. The van der Waals surface area contributed by atoms with Crippen LogP contribution in [0.3, 0.4) is 0 Å². The summed E-state index contributed by atoms with van der Waals surface area (Å²) in [6.45, 7) is 1.81. The van der Waals surface area contributed by atoms with Gasteiger partial charge in [0.2, 0.25) is 0 Å². The van der Waals surface area contributed by atoms with Gasteiger partial charge in [-0.25, -0.2) is 8.78 Å². The van der Waals surface area contributed by atoms with E-state index in [9.17, 15) is 8.78 Å². The quantitative estimate of drug-likeness (QED) is 0.446. The lowest BCUT2D eigenvalue weighted by atomic mass is 9.96. The van der Waals surface area contributed by atoms with Gasteiger partial charge in [-0.05, 0) is 50.3 Å². The Labute approximate surface area is 154 Å². The molecule has 2 heterocycles. The van der Waals surface area contributed by atoms with Crippen LogP contribution in [0.1, 0.15) is 47.8 Å². The Hall–Kier alpha value is -2.28. The lowest BCUT2D eigenvalue weighted by Gasteiger charge is -2.12. The number of aryl methyl sites for hydroxylation is 1. The molecule has 0 unspecified atom stereocenters. The molecule has 3 N–H and O–H groups in total. The number of rotatable bonds is 1. The molecule has 1 aliphatic heterocycles. The fraction of sp³-hybridized carbons (Fsp3) is 0.368. The van der Waals surface area contributed by atoms with Gasteiger partial charge >= 0.3 is 0 Å². The molecule has 0 spiro atoms. The molecule has 136 valence electrons. The van der Waals surface area contributed by atoms with Gasteiger partial charge < -0.3 is 11.2 Å². The van der Waals surface area contributed by atoms with Gasteiger partial charge in [-0.3, -0.25) is 4.99 Å². The maximum atomic E-state index is 14.6. The van der Waals surface area contributed by atoms with Crippen molar-refractivity contribution in [1.82, 2.24) is 0 Å². The standard InChI is InChI=1S/C19H20F2N4S/c1-10-18(25-22)24-19-15(11-6-3-2-4-9-14(11)26-19)17(23-10)16-12(20)7-5-8-13(16)21/h5,7-8,10H,2-4,6,9,22H2,1H3,(H,24,25)/t10-/m0/s1. The summed E-state index contributed by atoms with van der Waals surface area (Å²) in [6, 6.07) is 3.49. The second-order valence-corrected chi connectivity index (χ2v) is 7.76. The van der Waals surface area contributed by atoms with Crippen LogP contribution in [0.15, 0.2) is 28.3 Å². The number of hydrazone groups is 1. The molecule has 7 heteroatoms. The van der Waals surface area contributed by atoms with Gasteiger partial charge in [0, 0.05) is 10.4 Å². The lowest BCUT2D eigenvalue weighted by Crippen LogP contribution is -2.24. The van der Waals surface area contributed by atoms with Crippen molar-refractivity contribution in [2.24, 2.45) is 15.9 Å². The highest BCUT2D eigenvalue weighted by molar-refractivity contribution is 7.17. The van der Waals surface area contributed by atoms with Gasteiger partial charge in [-0.2, -0.15) is 5.10 Å². The van der Waals surface area contributed by atoms with E-state index in [1.165, 1.54) is 23.1 Å². The molecule has 1 aromatic heterocycles. The van der Waals surface area contributed by atoms with Gasteiger partial charge in [-0.1, -0.05) is 12.5 Å². The summed E-state index contributed by atoms with van der Waals surface area (Å²) in [5.74, 6) is 4.80. The van der Waals surface area contributed by atoms with Gasteiger partial charge in [0.05, 0.1) is 11.3 Å². The van der Waals surface area contributed by atoms with Crippen LogP contribution in [0.5, 0.6) is 0 Å². The number of anilines is 1. The van der Waals surface area contributed by atoms with Crippen molar-refractivity contribution >= 4 is 27.9 Å². The Morgan fingerprint density at radius 1 is 1.15 bits per heavy atom. The summed E-state index contributed by atoms with van der Waals surface area (Å²) >= 11 is 1.62. The summed E-state index contributed by atoms with van der Waals surface area (Å²) < 4.78 is 29.2. The third-order valence-electron chi connectivity index (χ3n) is 4.96. The summed E-state index contributed by atoms with van der Waals surface area (Å²) in [5, 5.41) is 7.89. The van der Waals surface area contributed by atoms with E-state index >= 15 is 0 Å². The second kappa shape index (κ2) is 6.79. The van der Waals surface area contributed by atoms with Crippen molar-refractivity contribution in [3.05, 3.63) is 51.4 Å². The molecule has 4 rings (SSSR count). The number of hydrogen-bond donors (Lipinski definition) is 2. The van der Waals surface area contributed by atoms with Crippen LogP contribution in [-0.2, 0) is 12.8 Å². The fourth-order valence-corrected chi connectivity index (χ4v) is 4.97. The first-order valence-electron chi connectivity index (χ1n) is 8.82. The highest BCUT2D eigenvalue weighted by Crippen LogP contribution is 2.41. The molecule has 0 saturated carbocycles. The third-order valence-corrected chi connectivity index (χ3v) is 6.16. The number of aliphatic imine (C=N–C) groups is 1. The molecule has 0 bridgehead atoms. The second-order valence-electron chi connectivity index (χ2n) is 6.66. The summed E-state index contributed by atoms with van der Waals surface area (Å²) in [7, 11) is 0. The van der Waals surface area contributed by atoms with Crippen LogP contribution in [0.4, 0.5) is 13.8 Å². The molecule has 2 aromatic rings. The number of amidine groups is 1. The molecule has 1 aromatic carbocycles. The number of benzene rings is 1. The topological polar surface area (TPSA) is 62.8 Å². The monoisotopic (exact) mass is 374 g/mol. The Bertz CT molecular complexity index is 896. The van der Waals surface area contributed by atoms with E-state index in [1.807, 2.05) is 6.92 Å². The predicted octanol–water partition coefficient (Wildman–Crippen LogP) is 4.22. The molecule has 0 radical (unpaired) electrons. The van der Waals surface area contributed by atoms with E-state index in [1.54, 1.807) is 11.3 Å². The van der Waals surface area contributed by atoms with Crippen molar-refractivity contribution in [3.63, 3.8) is 0 Å². The maximum Gasteiger partial charge on any atom is 0.151 e. The van der Waals surface area contributed by atoms with E-state index < -0.39 is 17.7 Å². The Kier molecular flexibility index (Phi) is 4.48. The number of halogens is 2. The van der Waals surface area contributed by atoms with Gasteiger partial charge in [0.1, 0.15) is 22.7 Å². The number of thiophene rings is 1. The number of nitrogens with one attached hydrogen (secondary N) is 1. The van der Waals surface area contributed by atoms with E-state index in [0.717, 1.165) is 48.2 Å². The largest absolute Gasteiger partial charge is 0.332 e. The number of nitrogens with two attached hydrogens (primary N) is 1. The minimum atomic E-state index is -0.608. The van der Waals surface area contributed by atoms with Crippen LogP contribution in [0.2, 0.25) is 0 Å². The number of fused-ring (bicyclic) bond motifs is 3. The molecule has 1 aliphatic carbocycles. The summed E-state index contributed by atoms with van der Waals surface area (Å²) in [5.41, 5.74) is 2.24. The average Bonchev–Trinajstić information content (AvgIpc) is 2.74. The molecule has 4 nitrogen and oxygen atoms in total. The summed E-state index contributed by atoms with van der Waals surface area (Å²) in [4.78, 5) is 5.90. The Morgan fingerprint density at radius 2 is 1.88 bits per heavy atom. The van der Waals surface area contributed by atoms with Gasteiger partial charge in [0.15, 0.2) is 5.84 Å². The highest BCUT2D eigenvalue weighted by Gasteiger charge is 2.31. The lowest BCUT2D eigenvalue weighted by molar-refractivity contribution is 0.579. The maximum absolute atomic E-state index is 14.6. The number of nitrogens with zero attached hydrogens (tertiary/aromatic N) is 2. The van der Waals surface area contributed by atoms with Crippen LogP contribution in [0.25, 0.3) is 0 Å². The van der Waals surface area contributed by atoms with E-state index in [2.05, 4.69) is 15.4 Å². The minimum absolute atomic E-state index is 0.0782. The first-order valence-corrected chi connectivity index (χ1v) is 9.63. The SMILES string of the molecule is C[C@@H]1N=C(c2c(F)cccc2F)c2c(sc3c2CCCCC3)NC1=NN. The van der Waals surface area contributed by atoms with E-state index in [4.69, 9.17) is 5.84 Å². The molecule has 0 amide bonds. The summed E-state index contributed by atoms with van der Waals surface area (Å²) in [6.07, 6.45) is 5.22. The number of hydrogen-bond acceptors (Lipinski definition) is 4. The molecule has 0 saturated heterocycles. The van der Waals surface area contributed by atoms with Crippen molar-refractivity contribution in [2.45, 2.75) is 45.1 Å². The third kappa shape index (κ3) is 2.80.